The zero-order chi connectivity index (χ0) is 13.9. The van der Waals surface area contributed by atoms with Crippen LogP contribution in [0.25, 0.3) is 0 Å². The minimum Gasteiger partial charge on any atom is -0.380 e. The number of benzene rings is 2. The Morgan fingerprint density at radius 1 is 1.16 bits per heavy atom. The highest BCUT2D eigenvalue weighted by atomic mass is 19.4. The molecule has 1 radical (unpaired) electrons. The molecule has 2 rings (SSSR count). The van der Waals surface area contributed by atoms with Gasteiger partial charge in [-0.25, -0.2) is 0 Å². The first-order valence-electron chi connectivity index (χ1n) is 5.83. The molecular weight excluding hydrogens is 251 g/mol. The number of aryl methyl sites for hydroxylation is 1. The number of anilines is 1. The van der Waals surface area contributed by atoms with Crippen molar-refractivity contribution in [3.05, 3.63) is 65.2 Å². The van der Waals surface area contributed by atoms with Gasteiger partial charge in [0.05, 0.1) is 5.56 Å². The standard InChI is InChI=1S/C15H13F3N/c1-11-3-2-4-12(9-11)10-19-14-7-5-13(6-8-14)15(16,17)18/h2-7,9,19H,10H2,1H3. The summed E-state index contributed by atoms with van der Waals surface area (Å²) in [5.74, 6) is 0. The molecule has 99 valence electrons. The summed E-state index contributed by atoms with van der Waals surface area (Å²) >= 11 is 0. The fourth-order valence-electron chi connectivity index (χ4n) is 1.73. The van der Waals surface area contributed by atoms with Crippen molar-refractivity contribution in [2.75, 3.05) is 5.32 Å². The SMILES string of the molecule is Cc1cccc(CNc2[c]cc(C(F)(F)F)cc2)c1. The van der Waals surface area contributed by atoms with E-state index >= 15 is 0 Å². The van der Waals surface area contributed by atoms with Crippen molar-refractivity contribution < 1.29 is 13.2 Å². The maximum absolute atomic E-state index is 12.4. The van der Waals surface area contributed by atoms with Gasteiger partial charge in [0, 0.05) is 18.3 Å². The zero-order valence-corrected chi connectivity index (χ0v) is 10.4. The summed E-state index contributed by atoms with van der Waals surface area (Å²) in [6.45, 7) is 2.55. The Kier molecular flexibility index (Phi) is 3.79. The van der Waals surface area contributed by atoms with E-state index in [2.05, 4.69) is 11.4 Å². The van der Waals surface area contributed by atoms with Gasteiger partial charge in [-0.3, -0.25) is 0 Å². The van der Waals surface area contributed by atoms with Crippen molar-refractivity contribution in [1.29, 1.82) is 0 Å². The molecule has 0 aliphatic rings. The second kappa shape index (κ2) is 5.34. The monoisotopic (exact) mass is 264 g/mol. The van der Waals surface area contributed by atoms with Crippen LogP contribution in [0.15, 0.2) is 42.5 Å². The van der Waals surface area contributed by atoms with Gasteiger partial charge in [0.2, 0.25) is 0 Å². The van der Waals surface area contributed by atoms with Gasteiger partial charge in [-0.2, -0.15) is 13.2 Å². The average Bonchev–Trinajstić information content (AvgIpc) is 2.36. The third kappa shape index (κ3) is 3.74. The zero-order valence-electron chi connectivity index (χ0n) is 10.4. The lowest BCUT2D eigenvalue weighted by molar-refractivity contribution is -0.137. The van der Waals surface area contributed by atoms with Crippen LogP contribution in [0, 0.1) is 13.0 Å². The Morgan fingerprint density at radius 3 is 2.53 bits per heavy atom. The number of hydrogen-bond donors (Lipinski definition) is 1. The number of hydrogen-bond acceptors (Lipinski definition) is 1. The predicted octanol–water partition coefficient (Wildman–Crippen LogP) is 4.43. The lowest BCUT2D eigenvalue weighted by atomic mass is 10.1. The van der Waals surface area contributed by atoms with Crippen LogP contribution >= 0.6 is 0 Å². The molecular formula is C15H13F3N. The molecule has 0 bridgehead atoms. The van der Waals surface area contributed by atoms with Gasteiger partial charge < -0.3 is 5.32 Å². The Morgan fingerprint density at radius 2 is 1.95 bits per heavy atom. The van der Waals surface area contributed by atoms with Crippen LogP contribution in [0.1, 0.15) is 16.7 Å². The van der Waals surface area contributed by atoms with Gasteiger partial charge in [0.25, 0.3) is 0 Å². The second-order valence-electron chi connectivity index (χ2n) is 4.33. The third-order valence-electron chi connectivity index (χ3n) is 2.71. The first kappa shape index (κ1) is 13.5. The van der Waals surface area contributed by atoms with Crippen molar-refractivity contribution >= 4 is 5.69 Å². The molecule has 0 heterocycles. The van der Waals surface area contributed by atoms with Gasteiger partial charge in [-0.05, 0) is 30.7 Å². The maximum atomic E-state index is 12.4. The first-order valence-corrected chi connectivity index (χ1v) is 5.83. The molecule has 0 amide bonds. The summed E-state index contributed by atoms with van der Waals surface area (Å²) in [5, 5.41) is 3.04. The second-order valence-corrected chi connectivity index (χ2v) is 4.33. The molecule has 0 saturated heterocycles. The minimum absolute atomic E-state index is 0.550. The molecule has 0 spiro atoms. The van der Waals surface area contributed by atoms with E-state index in [1.54, 1.807) is 0 Å². The summed E-state index contributed by atoms with van der Waals surface area (Å²) < 4.78 is 37.1. The number of nitrogens with one attached hydrogen (secondary N) is 1. The minimum atomic E-state index is -4.31. The molecule has 0 saturated carbocycles. The average molecular weight is 264 g/mol. The van der Waals surface area contributed by atoms with Crippen LogP contribution in [0.2, 0.25) is 0 Å². The summed E-state index contributed by atoms with van der Waals surface area (Å²) in [6, 6.07) is 13.9. The van der Waals surface area contributed by atoms with Crippen LogP contribution in [0.4, 0.5) is 18.9 Å². The van der Waals surface area contributed by atoms with Crippen LogP contribution in [-0.4, -0.2) is 0 Å². The summed E-state index contributed by atoms with van der Waals surface area (Å²) in [6.07, 6.45) is -4.31. The van der Waals surface area contributed by atoms with Crippen LogP contribution in [0.5, 0.6) is 0 Å². The highest BCUT2D eigenvalue weighted by molar-refractivity contribution is 5.44. The maximum Gasteiger partial charge on any atom is 0.416 e. The molecule has 0 aliphatic carbocycles. The molecule has 0 atom stereocenters. The molecule has 1 nitrogen and oxygen atoms in total. The quantitative estimate of drug-likeness (QED) is 0.865. The first-order chi connectivity index (χ1) is 8.95. The molecule has 1 N–H and O–H groups in total. The summed E-state index contributed by atoms with van der Waals surface area (Å²) in [5.41, 5.74) is 2.09. The van der Waals surface area contributed by atoms with E-state index in [9.17, 15) is 13.2 Å². The highest BCUT2D eigenvalue weighted by Gasteiger charge is 2.29. The Labute approximate surface area is 110 Å². The Balaban J connectivity index is 2.01. The normalized spacial score (nSPS) is 11.4. The number of alkyl halides is 3. The molecule has 0 unspecified atom stereocenters. The van der Waals surface area contributed by atoms with Crippen LogP contribution in [-0.2, 0) is 12.7 Å². The van der Waals surface area contributed by atoms with Gasteiger partial charge >= 0.3 is 6.18 Å². The molecule has 2 aromatic carbocycles. The van der Waals surface area contributed by atoms with E-state index in [4.69, 9.17) is 0 Å². The lowest BCUT2D eigenvalue weighted by Gasteiger charge is -2.09. The Hall–Kier alpha value is -1.97. The fraction of sp³-hybridized carbons (Fsp3) is 0.200. The molecule has 19 heavy (non-hydrogen) atoms. The van der Waals surface area contributed by atoms with Crippen molar-refractivity contribution in [2.45, 2.75) is 19.6 Å². The summed E-state index contributed by atoms with van der Waals surface area (Å²) in [7, 11) is 0. The van der Waals surface area contributed by atoms with Crippen molar-refractivity contribution in [3.63, 3.8) is 0 Å². The van der Waals surface area contributed by atoms with E-state index in [0.29, 0.717) is 12.2 Å². The van der Waals surface area contributed by atoms with E-state index < -0.39 is 11.7 Å². The van der Waals surface area contributed by atoms with Crippen LogP contribution < -0.4 is 5.32 Å². The molecule has 2 aromatic rings. The van der Waals surface area contributed by atoms with Crippen LogP contribution in [0.3, 0.4) is 0 Å². The largest absolute Gasteiger partial charge is 0.416 e. The predicted molar refractivity (Wildman–Crippen MR) is 68.8 cm³/mol. The number of rotatable bonds is 3. The fourth-order valence-corrected chi connectivity index (χ4v) is 1.73. The van der Waals surface area contributed by atoms with Gasteiger partial charge in [0.15, 0.2) is 0 Å². The van der Waals surface area contributed by atoms with Crippen molar-refractivity contribution in [2.24, 2.45) is 0 Å². The third-order valence-corrected chi connectivity index (χ3v) is 2.71. The van der Waals surface area contributed by atoms with E-state index in [-0.39, 0.29) is 0 Å². The Bertz CT molecular complexity index is 544. The van der Waals surface area contributed by atoms with E-state index in [1.807, 2.05) is 31.2 Å². The molecule has 0 aliphatic heterocycles. The highest BCUT2D eigenvalue weighted by Crippen LogP contribution is 2.29. The lowest BCUT2D eigenvalue weighted by Crippen LogP contribution is -2.05. The van der Waals surface area contributed by atoms with E-state index in [1.165, 1.54) is 6.07 Å². The van der Waals surface area contributed by atoms with Gasteiger partial charge in [0.1, 0.15) is 0 Å². The van der Waals surface area contributed by atoms with Gasteiger partial charge in [-0.1, -0.05) is 29.8 Å². The molecule has 0 aromatic heterocycles. The summed E-state index contributed by atoms with van der Waals surface area (Å²) in [4.78, 5) is 0. The topological polar surface area (TPSA) is 12.0 Å². The van der Waals surface area contributed by atoms with Crippen molar-refractivity contribution in [1.82, 2.24) is 0 Å². The molecule has 0 fully saturated rings. The van der Waals surface area contributed by atoms with Crippen molar-refractivity contribution in [3.8, 4) is 0 Å². The molecule has 4 heteroatoms. The van der Waals surface area contributed by atoms with E-state index in [0.717, 1.165) is 23.3 Å². The number of halogens is 3. The van der Waals surface area contributed by atoms with Gasteiger partial charge in [-0.15, -0.1) is 0 Å². The smallest absolute Gasteiger partial charge is 0.380 e.